The summed E-state index contributed by atoms with van der Waals surface area (Å²) in [5.74, 6) is 1.24. The van der Waals surface area contributed by atoms with Crippen LogP contribution in [0.3, 0.4) is 0 Å². The van der Waals surface area contributed by atoms with Crippen LogP contribution in [0.1, 0.15) is 38.3 Å². The Morgan fingerprint density at radius 2 is 1.74 bits per heavy atom. The summed E-state index contributed by atoms with van der Waals surface area (Å²) in [5.41, 5.74) is 2.14. The number of anilines is 1. The number of carbonyl (C=O) groups excluding carboxylic acids is 2. The number of alkyl carbamates (subject to hydrolysis) is 1. The molecule has 4 rings (SSSR count). The smallest absolute Gasteiger partial charge is 0.407 e. The molecule has 0 aromatic heterocycles. The zero-order valence-electron chi connectivity index (χ0n) is 21.9. The fraction of sp³-hybridized carbons (Fsp3) is 0.333. The van der Waals surface area contributed by atoms with E-state index in [1.807, 2.05) is 93.6 Å². The molecule has 0 saturated carbocycles. The molecule has 2 amide bonds. The number of nitrogens with one attached hydrogen (secondary N) is 1. The van der Waals surface area contributed by atoms with E-state index >= 15 is 0 Å². The number of ether oxygens (including phenoxy) is 3. The SMILES string of the molecule is CC(C)(C)OC(=O)NCCc1ccc(OCCC2Oc3ccccc3N(Cc3ccccc3Cl)C2=O)cc1. The lowest BCUT2D eigenvalue weighted by Crippen LogP contribution is -2.46. The summed E-state index contributed by atoms with van der Waals surface area (Å²) >= 11 is 6.37. The molecule has 0 bridgehead atoms. The van der Waals surface area contributed by atoms with Gasteiger partial charge < -0.3 is 24.4 Å². The molecule has 7 nitrogen and oxygen atoms in total. The maximum Gasteiger partial charge on any atom is 0.407 e. The monoisotopic (exact) mass is 536 g/mol. The van der Waals surface area contributed by atoms with Gasteiger partial charge in [-0.15, -0.1) is 0 Å². The standard InChI is InChI=1S/C30H33ClN2O5/c1-30(2,3)38-29(35)32-18-16-21-12-14-23(15-13-21)36-19-17-27-28(34)33(20-22-8-4-5-9-24(22)31)25-10-6-7-11-26(25)37-27/h4-15,27H,16-20H2,1-3H3,(H,32,35). The quantitative estimate of drug-likeness (QED) is 0.354. The number of amides is 2. The van der Waals surface area contributed by atoms with Crippen LogP contribution < -0.4 is 19.7 Å². The zero-order chi connectivity index (χ0) is 27.1. The third kappa shape index (κ3) is 7.42. The predicted molar refractivity (Wildman–Crippen MR) is 148 cm³/mol. The molecule has 1 unspecified atom stereocenters. The number of hydrogen-bond acceptors (Lipinski definition) is 5. The van der Waals surface area contributed by atoms with E-state index in [0.717, 1.165) is 16.8 Å². The number of para-hydroxylation sites is 2. The first kappa shape index (κ1) is 27.3. The van der Waals surface area contributed by atoms with E-state index in [-0.39, 0.29) is 5.91 Å². The van der Waals surface area contributed by atoms with Gasteiger partial charge in [0, 0.05) is 18.0 Å². The first-order valence-corrected chi connectivity index (χ1v) is 13.1. The Labute approximate surface area is 228 Å². The zero-order valence-corrected chi connectivity index (χ0v) is 22.7. The Bertz CT molecular complexity index is 1260. The number of halogens is 1. The average molecular weight is 537 g/mol. The fourth-order valence-corrected chi connectivity index (χ4v) is 4.27. The van der Waals surface area contributed by atoms with Crippen molar-refractivity contribution in [2.24, 2.45) is 0 Å². The molecule has 3 aromatic carbocycles. The molecule has 3 aromatic rings. The van der Waals surface area contributed by atoms with Crippen molar-refractivity contribution in [2.45, 2.75) is 51.9 Å². The average Bonchev–Trinajstić information content (AvgIpc) is 2.87. The molecule has 0 radical (unpaired) electrons. The molecule has 0 fully saturated rings. The second-order valence-electron chi connectivity index (χ2n) is 10.0. The van der Waals surface area contributed by atoms with Gasteiger partial charge in [0.25, 0.3) is 5.91 Å². The number of nitrogens with zero attached hydrogens (tertiary/aromatic N) is 1. The van der Waals surface area contributed by atoms with Crippen molar-refractivity contribution in [3.63, 3.8) is 0 Å². The lowest BCUT2D eigenvalue weighted by molar-refractivity contribution is -0.127. The number of rotatable bonds is 9. The van der Waals surface area contributed by atoms with Crippen LogP contribution in [0.25, 0.3) is 0 Å². The molecule has 1 aliphatic rings. The van der Waals surface area contributed by atoms with Gasteiger partial charge in [-0.2, -0.15) is 0 Å². The Hall–Kier alpha value is -3.71. The molecular weight excluding hydrogens is 504 g/mol. The molecule has 1 heterocycles. The molecule has 1 N–H and O–H groups in total. The fourth-order valence-electron chi connectivity index (χ4n) is 4.08. The normalized spacial score (nSPS) is 14.9. The summed E-state index contributed by atoms with van der Waals surface area (Å²) in [4.78, 5) is 26.9. The minimum atomic E-state index is -0.661. The maximum absolute atomic E-state index is 13.4. The highest BCUT2D eigenvalue weighted by Gasteiger charge is 2.34. The molecule has 0 saturated heterocycles. The molecule has 1 atom stereocenters. The largest absolute Gasteiger partial charge is 0.493 e. The van der Waals surface area contributed by atoms with E-state index in [1.54, 1.807) is 4.90 Å². The second kappa shape index (κ2) is 12.2. The molecule has 0 aliphatic carbocycles. The lowest BCUT2D eigenvalue weighted by Gasteiger charge is -2.34. The summed E-state index contributed by atoms with van der Waals surface area (Å²) in [6.07, 6.45) is -0.0196. The summed E-state index contributed by atoms with van der Waals surface area (Å²) in [6.45, 7) is 6.65. The second-order valence-corrected chi connectivity index (χ2v) is 10.5. The Morgan fingerprint density at radius 3 is 2.47 bits per heavy atom. The summed E-state index contributed by atoms with van der Waals surface area (Å²) < 4.78 is 17.2. The van der Waals surface area contributed by atoms with Crippen LogP contribution in [0, 0.1) is 0 Å². The highest BCUT2D eigenvalue weighted by Crippen LogP contribution is 2.36. The molecule has 38 heavy (non-hydrogen) atoms. The number of benzene rings is 3. The third-order valence-corrected chi connectivity index (χ3v) is 6.28. The van der Waals surface area contributed by atoms with E-state index in [4.69, 9.17) is 25.8 Å². The van der Waals surface area contributed by atoms with E-state index < -0.39 is 17.8 Å². The van der Waals surface area contributed by atoms with Crippen LogP contribution in [0.2, 0.25) is 5.02 Å². The third-order valence-electron chi connectivity index (χ3n) is 5.91. The topological polar surface area (TPSA) is 77.1 Å². The van der Waals surface area contributed by atoms with Crippen LogP contribution in [0.4, 0.5) is 10.5 Å². The van der Waals surface area contributed by atoms with Gasteiger partial charge in [-0.05, 0) is 68.7 Å². The van der Waals surface area contributed by atoms with E-state index in [0.29, 0.717) is 49.1 Å². The van der Waals surface area contributed by atoms with Crippen molar-refractivity contribution < 1.29 is 23.8 Å². The van der Waals surface area contributed by atoms with Crippen molar-refractivity contribution in [3.8, 4) is 11.5 Å². The first-order chi connectivity index (χ1) is 18.2. The van der Waals surface area contributed by atoms with E-state index in [2.05, 4.69) is 5.32 Å². The lowest BCUT2D eigenvalue weighted by atomic mass is 10.1. The maximum atomic E-state index is 13.4. The van der Waals surface area contributed by atoms with Crippen molar-refractivity contribution in [2.75, 3.05) is 18.1 Å². The summed E-state index contributed by atoms with van der Waals surface area (Å²) in [6, 6.07) is 22.7. The van der Waals surface area contributed by atoms with Crippen LogP contribution >= 0.6 is 11.6 Å². The van der Waals surface area contributed by atoms with Crippen molar-refractivity contribution >= 4 is 29.3 Å². The van der Waals surface area contributed by atoms with Gasteiger partial charge in [0.2, 0.25) is 0 Å². The number of hydrogen-bond donors (Lipinski definition) is 1. The number of carbonyl (C=O) groups is 2. The molecule has 0 spiro atoms. The van der Waals surface area contributed by atoms with Gasteiger partial charge >= 0.3 is 6.09 Å². The minimum absolute atomic E-state index is 0.125. The molecular formula is C30H33ClN2O5. The molecule has 1 aliphatic heterocycles. The van der Waals surface area contributed by atoms with E-state index in [1.165, 1.54) is 0 Å². The highest BCUT2D eigenvalue weighted by atomic mass is 35.5. The van der Waals surface area contributed by atoms with Gasteiger partial charge in [0.15, 0.2) is 6.10 Å². The van der Waals surface area contributed by atoms with Gasteiger partial charge in [-0.3, -0.25) is 4.79 Å². The van der Waals surface area contributed by atoms with Crippen LogP contribution in [-0.2, 0) is 22.5 Å². The number of fused-ring (bicyclic) bond motifs is 1. The first-order valence-electron chi connectivity index (χ1n) is 12.7. The summed E-state index contributed by atoms with van der Waals surface area (Å²) in [7, 11) is 0. The van der Waals surface area contributed by atoms with Crippen LogP contribution in [0.5, 0.6) is 11.5 Å². The van der Waals surface area contributed by atoms with Crippen molar-refractivity contribution in [1.29, 1.82) is 0 Å². The Morgan fingerprint density at radius 1 is 1.03 bits per heavy atom. The summed E-state index contributed by atoms with van der Waals surface area (Å²) in [5, 5.41) is 3.38. The van der Waals surface area contributed by atoms with Crippen molar-refractivity contribution in [1.82, 2.24) is 5.32 Å². The van der Waals surface area contributed by atoms with Gasteiger partial charge in [-0.25, -0.2) is 4.79 Å². The Kier molecular flexibility index (Phi) is 8.79. The van der Waals surface area contributed by atoms with Crippen LogP contribution in [0.15, 0.2) is 72.8 Å². The van der Waals surface area contributed by atoms with Gasteiger partial charge in [-0.1, -0.05) is 54.1 Å². The highest BCUT2D eigenvalue weighted by molar-refractivity contribution is 6.31. The van der Waals surface area contributed by atoms with Crippen molar-refractivity contribution in [3.05, 3.63) is 88.9 Å². The predicted octanol–water partition coefficient (Wildman–Crippen LogP) is 6.17. The molecule has 8 heteroatoms. The van der Waals surface area contributed by atoms with E-state index in [9.17, 15) is 9.59 Å². The minimum Gasteiger partial charge on any atom is -0.493 e. The van der Waals surface area contributed by atoms with Gasteiger partial charge in [0.1, 0.15) is 17.1 Å². The molecule has 200 valence electrons. The Balaban J connectivity index is 1.30. The van der Waals surface area contributed by atoms with Gasteiger partial charge in [0.05, 0.1) is 18.8 Å². The van der Waals surface area contributed by atoms with Crippen LogP contribution in [-0.4, -0.2) is 36.9 Å².